The largest absolute Gasteiger partial charge is 0.468 e. The van der Waals surface area contributed by atoms with Crippen molar-refractivity contribution in [3.8, 4) is 5.88 Å². The number of allylic oxidation sites excluding steroid dienone is 2. The van der Waals surface area contributed by atoms with Crippen LogP contribution >= 0.6 is 15.9 Å². The summed E-state index contributed by atoms with van der Waals surface area (Å²) in [7, 11) is 1.52. The first-order valence-electron chi connectivity index (χ1n) is 3.93. The van der Waals surface area contributed by atoms with Crippen LogP contribution in [0.15, 0.2) is 47.5 Å². The average molecular weight is 256 g/mol. The molecule has 1 aromatic rings. The zero-order valence-electron chi connectivity index (χ0n) is 7.74. The fourth-order valence-corrected chi connectivity index (χ4v) is 1.12. The third-order valence-electron chi connectivity index (χ3n) is 1.35. The highest BCUT2D eigenvalue weighted by molar-refractivity contribution is 9.10. The van der Waals surface area contributed by atoms with Crippen molar-refractivity contribution >= 4 is 15.9 Å². The smallest absolute Gasteiger partial charge is 0.285 e. The molecule has 1 heterocycles. The number of aromatic nitrogens is 1. The van der Waals surface area contributed by atoms with E-state index in [0.717, 1.165) is 0 Å². The Morgan fingerprint density at radius 3 is 2.93 bits per heavy atom. The van der Waals surface area contributed by atoms with Crippen LogP contribution in [0.4, 0.5) is 0 Å². The predicted octanol–water partition coefficient (Wildman–Crippen LogP) is 2.90. The molecule has 0 fully saturated rings. The number of nitrogens with zero attached hydrogens (tertiary/aromatic N) is 1. The van der Waals surface area contributed by atoms with Crippen molar-refractivity contribution in [2.75, 3.05) is 7.11 Å². The Labute approximate surface area is 91.2 Å². The molecule has 0 radical (unpaired) electrons. The van der Waals surface area contributed by atoms with E-state index in [0.29, 0.717) is 16.4 Å². The topological polar surface area (TPSA) is 31.4 Å². The van der Waals surface area contributed by atoms with Crippen LogP contribution in [0, 0.1) is 0 Å². The van der Waals surface area contributed by atoms with Crippen molar-refractivity contribution in [1.29, 1.82) is 0 Å². The van der Waals surface area contributed by atoms with Gasteiger partial charge in [0.15, 0.2) is 0 Å². The maximum Gasteiger partial charge on any atom is 0.285 e. The van der Waals surface area contributed by atoms with E-state index < -0.39 is 0 Å². The van der Waals surface area contributed by atoms with Gasteiger partial charge in [0, 0.05) is 12.1 Å². The summed E-state index contributed by atoms with van der Waals surface area (Å²) in [6, 6.07) is 5.38. The lowest BCUT2D eigenvalue weighted by atomic mass is 10.5. The Bertz CT molecular complexity index is 350. The van der Waals surface area contributed by atoms with Crippen LogP contribution in [0.2, 0.25) is 0 Å². The maximum atomic E-state index is 5.31. The summed E-state index contributed by atoms with van der Waals surface area (Å²) in [6.45, 7) is 3.54. The first kappa shape index (κ1) is 10.8. The van der Waals surface area contributed by atoms with Gasteiger partial charge in [-0.15, -0.1) is 0 Å². The molecule has 0 aliphatic heterocycles. The van der Waals surface area contributed by atoms with Crippen LogP contribution in [-0.4, -0.2) is 12.1 Å². The molecule has 0 bridgehead atoms. The van der Waals surface area contributed by atoms with Gasteiger partial charge < -0.3 is 9.47 Å². The zero-order valence-corrected chi connectivity index (χ0v) is 9.32. The van der Waals surface area contributed by atoms with Crippen LogP contribution in [0.1, 0.15) is 0 Å². The molecule has 0 aliphatic carbocycles. The van der Waals surface area contributed by atoms with E-state index in [-0.39, 0.29) is 0 Å². The van der Waals surface area contributed by atoms with E-state index in [4.69, 9.17) is 9.47 Å². The molecule has 74 valence electrons. The molecule has 0 unspecified atom stereocenters. The van der Waals surface area contributed by atoms with Crippen LogP contribution in [-0.2, 0) is 4.74 Å². The molecule has 0 aromatic carbocycles. The standard InChI is InChI=1S/C10H10BrNO2/c1-3-5-10(13-2)14-9-7-4-6-8(11)12-9/h3-7H,1H2,2H3/b10-5-. The molecule has 0 amide bonds. The van der Waals surface area contributed by atoms with Crippen molar-refractivity contribution in [1.82, 2.24) is 4.98 Å². The molecule has 0 atom stereocenters. The van der Waals surface area contributed by atoms with Gasteiger partial charge in [0.2, 0.25) is 5.88 Å². The lowest BCUT2D eigenvalue weighted by Crippen LogP contribution is -1.98. The predicted molar refractivity (Wildman–Crippen MR) is 57.9 cm³/mol. The summed E-state index contributed by atoms with van der Waals surface area (Å²) in [5, 5.41) is 0. The molecule has 14 heavy (non-hydrogen) atoms. The zero-order chi connectivity index (χ0) is 10.4. The van der Waals surface area contributed by atoms with E-state index >= 15 is 0 Å². The Kier molecular flexibility index (Phi) is 4.19. The molecule has 0 saturated heterocycles. The maximum absolute atomic E-state index is 5.31. The monoisotopic (exact) mass is 255 g/mol. The Hall–Kier alpha value is -1.29. The van der Waals surface area contributed by atoms with Crippen molar-refractivity contribution in [3.63, 3.8) is 0 Å². The number of halogens is 1. The summed E-state index contributed by atoms with van der Waals surface area (Å²) in [5.74, 6) is 0.819. The summed E-state index contributed by atoms with van der Waals surface area (Å²) in [5.41, 5.74) is 0. The van der Waals surface area contributed by atoms with Gasteiger partial charge in [0.1, 0.15) is 4.60 Å². The Morgan fingerprint density at radius 2 is 2.36 bits per heavy atom. The molecule has 3 nitrogen and oxygen atoms in total. The minimum Gasteiger partial charge on any atom is -0.468 e. The van der Waals surface area contributed by atoms with Gasteiger partial charge in [0.05, 0.1) is 7.11 Å². The van der Waals surface area contributed by atoms with E-state index in [1.165, 1.54) is 7.11 Å². The molecule has 0 N–H and O–H groups in total. The van der Waals surface area contributed by atoms with Crippen molar-refractivity contribution in [2.45, 2.75) is 0 Å². The molecular weight excluding hydrogens is 246 g/mol. The Balaban J connectivity index is 2.77. The minimum absolute atomic E-state index is 0.352. The van der Waals surface area contributed by atoms with Crippen LogP contribution < -0.4 is 4.74 Å². The second kappa shape index (κ2) is 5.44. The molecule has 0 saturated carbocycles. The van der Waals surface area contributed by atoms with Gasteiger partial charge in [-0.1, -0.05) is 18.7 Å². The van der Waals surface area contributed by atoms with Crippen LogP contribution in [0.3, 0.4) is 0 Å². The van der Waals surface area contributed by atoms with Crippen molar-refractivity contribution in [2.24, 2.45) is 0 Å². The normalized spacial score (nSPS) is 10.9. The minimum atomic E-state index is 0.352. The van der Waals surface area contributed by atoms with E-state index in [1.54, 1.807) is 18.2 Å². The molecule has 0 aliphatic rings. The molecular formula is C10H10BrNO2. The summed E-state index contributed by atoms with van der Waals surface area (Å²) in [4.78, 5) is 4.08. The molecule has 0 spiro atoms. The number of ether oxygens (including phenoxy) is 2. The second-order valence-electron chi connectivity index (χ2n) is 2.33. The average Bonchev–Trinajstić information content (AvgIpc) is 2.17. The van der Waals surface area contributed by atoms with Crippen molar-refractivity contribution in [3.05, 3.63) is 47.5 Å². The van der Waals surface area contributed by atoms with E-state index in [1.807, 2.05) is 12.1 Å². The first-order chi connectivity index (χ1) is 6.76. The number of pyridine rings is 1. The van der Waals surface area contributed by atoms with Gasteiger partial charge in [-0.2, -0.15) is 0 Å². The number of rotatable bonds is 4. The van der Waals surface area contributed by atoms with Crippen molar-refractivity contribution < 1.29 is 9.47 Å². The summed E-state index contributed by atoms with van der Waals surface area (Å²) in [6.07, 6.45) is 3.19. The van der Waals surface area contributed by atoms with Crippen LogP contribution in [0.25, 0.3) is 0 Å². The molecule has 1 rings (SSSR count). The third-order valence-corrected chi connectivity index (χ3v) is 1.79. The third kappa shape index (κ3) is 3.22. The van der Waals surface area contributed by atoms with Gasteiger partial charge in [-0.05, 0) is 22.0 Å². The lowest BCUT2D eigenvalue weighted by molar-refractivity contribution is 0.147. The highest BCUT2D eigenvalue weighted by Gasteiger charge is 2.00. The van der Waals surface area contributed by atoms with Gasteiger partial charge in [0.25, 0.3) is 5.95 Å². The van der Waals surface area contributed by atoms with E-state index in [2.05, 4.69) is 27.5 Å². The summed E-state index contributed by atoms with van der Waals surface area (Å²) < 4.78 is 11.0. The highest BCUT2D eigenvalue weighted by Crippen LogP contribution is 2.14. The first-order valence-corrected chi connectivity index (χ1v) is 4.72. The number of hydrogen-bond donors (Lipinski definition) is 0. The quantitative estimate of drug-likeness (QED) is 0.471. The lowest BCUT2D eigenvalue weighted by Gasteiger charge is -2.06. The number of methoxy groups -OCH3 is 1. The molecule has 4 heteroatoms. The van der Waals surface area contributed by atoms with Crippen LogP contribution in [0.5, 0.6) is 5.88 Å². The second-order valence-corrected chi connectivity index (χ2v) is 3.14. The summed E-state index contributed by atoms with van der Waals surface area (Å²) >= 11 is 3.24. The fraction of sp³-hybridized carbons (Fsp3) is 0.100. The Morgan fingerprint density at radius 1 is 1.57 bits per heavy atom. The van der Waals surface area contributed by atoms with Gasteiger partial charge >= 0.3 is 0 Å². The van der Waals surface area contributed by atoms with Gasteiger partial charge in [-0.3, -0.25) is 0 Å². The SMILES string of the molecule is C=C/C=C(/OC)Oc1cccc(Br)n1. The van der Waals surface area contributed by atoms with E-state index in [9.17, 15) is 0 Å². The highest BCUT2D eigenvalue weighted by atomic mass is 79.9. The molecule has 1 aromatic heterocycles. The fourth-order valence-electron chi connectivity index (χ4n) is 0.789. The van der Waals surface area contributed by atoms with Gasteiger partial charge in [-0.25, -0.2) is 4.98 Å². The number of hydrogen-bond acceptors (Lipinski definition) is 3.